The molecule has 1 aliphatic rings. The van der Waals surface area contributed by atoms with Crippen LogP contribution < -0.4 is 4.90 Å². The van der Waals surface area contributed by atoms with E-state index >= 15 is 0 Å². The quantitative estimate of drug-likeness (QED) is 0.428. The predicted molar refractivity (Wildman–Crippen MR) is 119 cm³/mol. The van der Waals surface area contributed by atoms with E-state index in [0.29, 0.717) is 16.5 Å². The maximum absolute atomic E-state index is 12.2. The molecule has 29 heavy (non-hydrogen) atoms. The van der Waals surface area contributed by atoms with Gasteiger partial charge in [0.15, 0.2) is 0 Å². The van der Waals surface area contributed by atoms with Gasteiger partial charge in [-0.15, -0.1) is 0 Å². The third-order valence-electron chi connectivity index (χ3n) is 5.06. The summed E-state index contributed by atoms with van der Waals surface area (Å²) >= 11 is 12.4. The molecule has 0 amide bonds. The fraction of sp³-hybridized carbons (Fsp3) is 0.429. The molecule has 0 spiro atoms. The Balaban J connectivity index is 1.37. The first-order valence-corrected chi connectivity index (χ1v) is 11.9. The third kappa shape index (κ3) is 6.09. The molecule has 1 saturated heterocycles. The van der Waals surface area contributed by atoms with Crippen molar-refractivity contribution in [1.29, 1.82) is 0 Å². The second-order valence-electron chi connectivity index (χ2n) is 7.20. The largest absolute Gasteiger partial charge is 0.368 e. The number of benzene rings is 2. The van der Waals surface area contributed by atoms with Crippen molar-refractivity contribution in [3.8, 4) is 0 Å². The number of piperazine rings is 1. The van der Waals surface area contributed by atoms with Crippen LogP contribution in [0.5, 0.6) is 0 Å². The zero-order valence-electron chi connectivity index (χ0n) is 16.5. The summed E-state index contributed by atoms with van der Waals surface area (Å²) < 4.78 is 29.5. The van der Waals surface area contributed by atoms with Crippen LogP contribution in [0.15, 0.2) is 47.4 Å². The van der Waals surface area contributed by atoms with E-state index in [0.717, 1.165) is 50.4 Å². The van der Waals surface area contributed by atoms with Crippen molar-refractivity contribution in [2.45, 2.75) is 24.7 Å². The first-order valence-electron chi connectivity index (χ1n) is 9.74. The molecule has 1 heterocycles. The van der Waals surface area contributed by atoms with E-state index in [2.05, 4.69) is 9.80 Å². The van der Waals surface area contributed by atoms with Crippen LogP contribution in [0.25, 0.3) is 0 Å². The van der Waals surface area contributed by atoms with Crippen LogP contribution in [0.1, 0.15) is 18.4 Å². The molecular weight excluding hydrogens is 431 g/mol. The van der Waals surface area contributed by atoms with Crippen LogP contribution >= 0.6 is 23.2 Å². The summed E-state index contributed by atoms with van der Waals surface area (Å²) in [6.45, 7) is 6.69. The molecule has 0 aliphatic carbocycles. The summed E-state index contributed by atoms with van der Waals surface area (Å²) in [7, 11) is -3.67. The molecule has 8 heteroatoms. The van der Waals surface area contributed by atoms with Gasteiger partial charge in [-0.25, -0.2) is 0 Å². The van der Waals surface area contributed by atoms with Crippen LogP contribution in [0.4, 0.5) is 5.69 Å². The van der Waals surface area contributed by atoms with Gasteiger partial charge in [0.05, 0.1) is 27.2 Å². The molecule has 1 fully saturated rings. The Labute approximate surface area is 183 Å². The summed E-state index contributed by atoms with van der Waals surface area (Å²) in [5, 5.41) is 1.18. The van der Waals surface area contributed by atoms with Crippen molar-refractivity contribution < 1.29 is 12.6 Å². The van der Waals surface area contributed by atoms with Crippen molar-refractivity contribution in [1.82, 2.24) is 4.90 Å². The van der Waals surface area contributed by atoms with Crippen molar-refractivity contribution in [3.05, 3.63) is 58.1 Å². The molecule has 0 N–H and O–H groups in total. The second kappa shape index (κ2) is 10.1. The van der Waals surface area contributed by atoms with Gasteiger partial charge >= 0.3 is 0 Å². The Morgan fingerprint density at radius 3 is 2.34 bits per heavy atom. The maximum Gasteiger partial charge on any atom is 0.296 e. The number of anilines is 1. The molecule has 0 atom stereocenters. The number of hydrogen-bond donors (Lipinski definition) is 0. The Bertz CT molecular complexity index is 912. The summed E-state index contributed by atoms with van der Waals surface area (Å²) in [5.74, 6) is 0. The summed E-state index contributed by atoms with van der Waals surface area (Å²) in [6.07, 6.45) is 1.59. The molecule has 0 radical (unpaired) electrons. The minimum atomic E-state index is -3.67. The van der Waals surface area contributed by atoms with E-state index in [1.807, 2.05) is 19.1 Å². The average molecular weight is 457 g/mol. The van der Waals surface area contributed by atoms with Crippen molar-refractivity contribution in [2.24, 2.45) is 0 Å². The Hall–Kier alpha value is -1.31. The van der Waals surface area contributed by atoms with E-state index in [1.54, 1.807) is 30.3 Å². The number of rotatable bonds is 8. The summed E-state index contributed by atoms with van der Waals surface area (Å²) in [6, 6.07) is 12.4. The normalized spacial score (nSPS) is 15.6. The van der Waals surface area contributed by atoms with Crippen LogP contribution in [-0.4, -0.2) is 52.6 Å². The number of unbranched alkanes of at least 4 members (excludes halogenated alkanes) is 1. The van der Waals surface area contributed by atoms with Crippen molar-refractivity contribution in [2.75, 3.05) is 44.2 Å². The number of nitrogens with zero attached hydrogens (tertiary/aromatic N) is 2. The summed E-state index contributed by atoms with van der Waals surface area (Å²) in [5.41, 5.74) is 2.00. The van der Waals surface area contributed by atoms with E-state index < -0.39 is 10.1 Å². The van der Waals surface area contributed by atoms with Crippen LogP contribution in [-0.2, 0) is 14.3 Å². The van der Waals surface area contributed by atoms with Gasteiger partial charge in [-0.05, 0) is 50.6 Å². The predicted octanol–water partition coefficient (Wildman–Crippen LogP) is 4.61. The molecule has 2 aromatic rings. The lowest BCUT2D eigenvalue weighted by Crippen LogP contribution is -2.46. The topological polar surface area (TPSA) is 49.9 Å². The third-order valence-corrected chi connectivity index (χ3v) is 7.20. The molecule has 158 valence electrons. The highest BCUT2D eigenvalue weighted by molar-refractivity contribution is 7.86. The molecule has 0 saturated carbocycles. The van der Waals surface area contributed by atoms with Gasteiger partial charge < -0.3 is 4.90 Å². The molecular formula is C21H26Cl2N2O3S. The highest BCUT2D eigenvalue weighted by Crippen LogP contribution is 2.32. The van der Waals surface area contributed by atoms with E-state index in [4.69, 9.17) is 27.4 Å². The Morgan fingerprint density at radius 2 is 1.66 bits per heavy atom. The zero-order valence-corrected chi connectivity index (χ0v) is 18.8. The van der Waals surface area contributed by atoms with Gasteiger partial charge in [-0.1, -0.05) is 47.0 Å². The lowest BCUT2D eigenvalue weighted by molar-refractivity contribution is 0.240. The highest BCUT2D eigenvalue weighted by atomic mass is 35.5. The molecule has 2 aromatic carbocycles. The Kier molecular flexibility index (Phi) is 7.82. The van der Waals surface area contributed by atoms with Gasteiger partial charge in [0.2, 0.25) is 0 Å². The summed E-state index contributed by atoms with van der Waals surface area (Å²) in [4.78, 5) is 4.84. The zero-order chi connectivity index (χ0) is 20.9. The van der Waals surface area contributed by atoms with E-state index in [1.165, 1.54) is 0 Å². The molecule has 1 aliphatic heterocycles. The van der Waals surface area contributed by atoms with Gasteiger partial charge in [-0.2, -0.15) is 8.42 Å². The second-order valence-corrected chi connectivity index (χ2v) is 9.60. The van der Waals surface area contributed by atoms with Crippen LogP contribution in [0.3, 0.4) is 0 Å². The number of halogens is 2. The van der Waals surface area contributed by atoms with Gasteiger partial charge in [-0.3, -0.25) is 9.08 Å². The number of aryl methyl sites for hydroxylation is 1. The standard InChI is InChI=1S/C21H26Cl2N2O3S/c1-17-7-9-18(10-8-17)29(26,27)28-16-3-2-11-24-12-14-25(15-13-24)20-6-4-5-19(22)21(20)23/h4-10H,2-3,11-16H2,1H3. The van der Waals surface area contributed by atoms with Gasteiger partial charge in [0.25, 0.3) is 10.1 Å². The first kappa shape index (κ1) is 22.4. The monoisotopic (exact) mass is 456 g/mol. The minimum absolute atomic E-state index is 0.203. The van der Waals surface area contributed by atoms with E-state index in [-0.39, 0.29) is 11.5 Å². The van der Waals surface area contributed by atoms with Crippen LogP contribution in [0.2, 0.25) is 10.0 Å². The highest BCUT2D eigenvalue weighted by Gasteiger charge is 2.20. The van der Waals surface area contributed by atoms with Gasteiger partial charge in [0.1, 0.15) is 0 Å². The fourth-order valence-corrected chi connectivity index (χ4v) is 4.69. The maximum atomic E-state index is 12.2. The average Bonchev–Trinajstić information content (AvgIpc) is 2.71. The Morgan fingerprint density at radius 1 is 0.966 bits per heavy atom. The lowest BCUT2D eigenvalue weighted by atomic mass is 10.2. The lowest BCUT2D eigenvalue weighted by Gasteiger charge is -2.36. The fourth-order valence-electron chi connectivity index (χ4n) is 3.33. The van der Waals surface area contributed by atoms with Gasteiger partial charge in [0, 0.05) is 26.2 Å². The number of hydrogen-bond acceptors (Lipinski definition) is 5. The first-order chi connectivity index (χ1) is 13.9. The molecule has 0 aromatic heterocycles. The molecule has 0 bridgehead atoms. The molecule has 5 nitrogen and oxygen atoms in total. The van der Waals surface area contributed by atoms with Crippen molar-refractivity contribution in [3.63, 3.8) is 0 Å². The molecule has 0 unspecified atom stereocenters. The van der Waals surface area contributed by atoms with Crippen molar-refractivity contribution >= 4 is 39.0 Å². The smallest absolute Gasteiger partial charge is 0.296 e. The van der Waals surface area contributed by atoms with Crippen LogP contribution in [0, 0.1) is 6.92 Å². The minimum Gasteiger partial charge on any atom is -0.368 e. The SMILES string of the molecule is Cc1ccc(S(=O)(=O)OCCCCN2CCN(c3cccc(Cl)c3Cl)CC2)cc1. The molecule has 3 rings (SSSR count). The van der Waals surface area contributed by atoms with E-state index in [9.17, 15) is 8.42 Å².